The van der Waals surface area contributed by atoms with Gasteiger partial charge in [-0.25, -0.2) is 4.98 Å². The van der Waals surface area contributed by atoms with E-state index in [1.54, 1.807) is 13.0 Å². The lowest BCUT2D eigenvalue weighted by Gasteiger charge is -2.17. The number of para-hydroxylation sites is 1. The molecule has 134 valence electrons. The number of aromatic nitrogens is 2. The number of halogens is 1. The van der Waals surface area contributed by atoms with Gasteiger partial charge in [0, 0.05) is 12.0 Å². The number of nitrogens with one attached hydrogen (secondary N) is 2. The molecule has 4 rings (SSSR count). The Kier molecular flexibility index (Phi) is 3.74. The number of ketones is 1. The maximum absolute atomic E-state index is 12.1. The minimum atomic E-state index is -0.348. The van der Waals surface area contributed by atoms with Crippen molar-refractivity contribution in [1.29, 1.82) is 0 Å². The van der Waals surface area contributed by atoms with Crippen LogP contribution in [-0.2, 0) is 6.42 Å². The van der Waals surface area contributed by atoms with Crippen LogP contribution in [0.5, 0.6) is 5.75 Å². The summed E-state index contributed by atoms with van der Waals surface area (Å²) in [5, 5.41) is 3.90. The first-order chi connectivity index (χ1) is 12.2. The molecule has 0 amide bonds. The fraction of sp³-hybridized carbons (Fsp3) is 0.300. The molecular formula is C20H20ClN3O2. The third-order valence-corrected chi connectivity index (χ3v) is 4.97. The highest BCUT2D eigenvalue weighted by Gasteiger charge is 2.35. The monoisotopic (exact) mass is 369 g/mol. The molecule has 0 unspecified atom stereocenters. The van der Waals surface area contributed by atoms with E-state index in [-0.39, 0.29) is 11.4 Å². The molecule has 2 N–H and O–H groups in total. The average molecular weight is 370 g/mol. The van der Waals surface area contributed by atoms with Gasteiger partial charge < -0.3 is 15.0 Å². The number of Topliss-reactive ketones (excluding diaryl/α,β-unsaturated/α-hetero) is 1. The molecule has 6 heteroatoms. The minimum absolute atomic E-state index is 0.0275. The Labute approximate surface area is 156 Å². The van der Waals surface area contributed by atoms with Gasteiger partial charge in [0.1, 0.15) is 11.4 Å². The van der Waals surface area contributed by atoms with E-state index in [2.05, 4.69) is 15.3 Å². The number of rotatable bonds is 3. The second kappa shape index (κ2) is 5.74. The van der Waals surface area contributed by atoms with E-state index in [0.29, 0.717) is 28.7 Å². The topological polar surface area (TPSA) is 67.0 Å². The van der Waals surface area contributed by atoms with Crippen molar-refractivity contribution in [3.05, 3.63) is 46.0 Å². The zero-order valence-electron chi connectivity index (χ0n) is 15.2. The van der Waals surface area contributed by atoms with Gasteiger partial charge in [0.25, 0.3) is 0 Å². The Bertz CT molecular complexity index is 1030. The number of aryl methyl sites for hydroxylation is 1. The Morgan fingerprint density at radius 2 is 2.15 bits per heavy atom. The first kappa shape index (κ1) is 16.9. The van der Waals surface area contributed by atoms with Crippen LogP contribution in [0.4, 0.5) is 11.6 Å². The van der Waals surface area contributed by atoms with Crippen LogP contribution in [0.1, 0.15) is 42.3 Å². The predicted octanol–water partition coefficient (Wildman–Crippen LogP) is 5.18. The Hall–Kier alpha value is -2.53. The van der Waals surface area contributed by atoms with Crippen molar-refractivity contribution in [1.82, 2.24) is 9.97 Å². The van der Waals surface area contributed by atoms with Gasteiger partial charge in [0.05, 0.1) is 27.3 Å². The summed E-state index contributed by atoms with van der Waals surface area (Å²) in [6.07, 6.45) is 0.715. The summed E-state index contributed by atoms with van der Waals surface area (Å²) >= 11 is 6.31. The van der Waals surface area contributed by atoms with E-state index in [9.17, 15) is 4.79 Å². The van der Waals surface area contributed by atoms with Gasteiger partial charge in [-0.05, 0) is 45.4 Å². The minimum Gasteiger partial charge on any atom is -0.486 e. The number of carbonyl (C=O) groups is 1. The zero-order chi connectivity index (χ0) is 18.6. The van der Waals surface area contributed by atoms with Gasteiger partial charge in [-0.15, -0.1) is 0 Å². The molecule has 26 heavy (non-hydrogen) atoms. The molecule has 0 fully saturated rings. The van der Waals surface area contributed by atoms with E-state index in [0.717, 1.165) is 27.8 Å². The number of aromatic amines is 1. The van der Waals surface area contributed by atoms with Gasteiger partial charge in [-0.2, -0.15) is 0 Å². The number of fused-ring (bicyclic) bond motifs is 3. The van der Waals surface area contributed by atoms with Crippen molar-refractivity contribution >= 4 is 40.1 Å². The molecule has 1 aliphatic rings. The highest BCUT2D eigenvalue weighted by molar-refractivity contribution is 6.33. The number of imidazole rings is 1. The Morgan fingerprint density at radius 1 is 1.38 bits per heavy atom. The van der Waals surface area contributed by atoms with E-state index in [1.165, 1.54) is 0 Å². The van der Waals surface area contributed by atoms with Crippen LogP contribution < -0.4 is 10.1 Å². The quantitative estimate of drug-likeness (QED) is 0.624. The number of hydrogen-bond donors (Lipinski definition) is 2. The number of H-pyrrole nitrogens is 1. The van der Waals surface area contributed by atoms with Gasteiger partial charge in [-0.1, -0.05) is 23.7 Å². The largest absolute Gasteiger partial charge is 0.486 e. The molecular weight excluding hydrogens is 350 g/mol. The first-order valence-corrected chi connectivity index (χ1v) is 8.91. The van der Waals surface area contributed by atoms with Crippen LogP contribution in [0.25, 0.3) is 11.0 Å². The summed E-state index contributed by atoms with van der Waals surface area (Å²) in [6.45, 7) is 7.57. The summed E-state index contributed by atoms with van der Waals surface area (Å²) in [7, 11) is 0. The van der Waals surface area contributed by atoms with Crippen LogP contribution in [0, 0.1) is 6.92 Å². The number of carbonyl (C=O) groups excluding carboxylic acids is 1. The van der Waals surface area contributed by atoms with Crippen LogP contribution in [0.2, 0.25) is 5.02 Å². The predicted molar refractivity (Wildman–Crippen MR) is 104 cm³/mol. The lowest BCUT2D eigenvalue weighted by molar-refractivity contribution is 0.0998. The van der Waals surface area contributed by atoms with E-state index < -0.39 is 0 Å². The van der Waals surface area contributed by atoms with Crippen molar-refractivity contribution in [3.8, 4) is 5.75 Å². The molecule has 0 aliphatic carbocycles. The van der Waals surface area contributed by atoms with Crippen molar-refractivity contribution in [2.45, 2.75) is 39.7 Å². The molecule has 2 aromatic carbocycles. The molecule has 2 heterocycles. The Morgan fingerprint density at radius 3 is 2.85 bits per heavy atom. The average Bonchev–Trinajstić information content (AvgIpc) is 3.09. The van der Waals surface area contributed by atoms with Gasteiger partial charge in [-0.3, -0.25) is 4.79 Å². The summed E-state index contributed by atoms with van der Waals surface area (Å²) in [5.41, 5.74) is 4.69. The van der Waals surface area contributed by atoms with Crippen LogP contribution >= 0.6 is 11.6 Å². The van der Waals surface area contributed by atoms with Crippen LogP contribution in [0.15, 0.2) is 24.3 Å². The maximum Gasteiger partial charge on any atom is 0.205 e. The highest BCUT2D eigenvalue weighted by Crippen LogP contribution is 2.42. The highest BCUT2D eigenvalue weighted by atomic mass is 35.5. The molecule has 0 atom stereocenters. The van der Waals surface area contributed by atoms with Crippen LogP contribution in [-0.4, -0.2) is 21.4 Å². The lowest BCUT2D eigenvalue weighted by Crippen LogP contribution is -2.25. The molecule has 0 radical (unpaired) electrons. The molecule has 0 saturated carbocycles. The summed E-state index contributed by atoms with van der Waals surface area (Å²) in [5.74, 6) is 1.23. The maximum atomic E-state index is 12.1. The number of benzene rings is 2. The van der Waals surface area contributed by atoms with Crippen molar-refractivity contribution in [2.75, 3.05) is 5.32 Å². The molecule has 3 aromatic rings. The normalized spacial score (nSPS) is 15.0. The van der Waals surface area contributed by atoms with Gasteiger partial charge in [0.15, 0.2) is 5.78 Å². The second-order valence-corrected chi connectivity index (χ2v) is 7.77. The molecule has 0 bridgehead atoms. The first-order valence-electron chi connectivity index (χ1n) is 8.53. The number of ether oxygens (including phenoxy) is 1. The summed E-state index contributed by atoms with van der Waals surface area (Å²) in [4.78, 5) is 20.1. The smallest absolute Gasteiger partial charge is 0.205 e. The zero-order valence-corrected chi connectivity index (χ0v) is 15.9. The van der Waals surface area contributed by atoms with Gasteiger partial charge in [0.2, 0.25) is 5.95 Å². The van der Waals surface area contributed by atoms with E-state index in [4.69, 9.17) is 16.3 Å². The molecule has 0 spiro atoms. The standard InChI is InChI=1S/C20H20ClN3O2/c1-10-6-5-7-14(21)16(10)23-19-22-15-8-12(11(2)25)18-13(17(15)24-19)9-20(3,4)26-18/h5-8H,9H2,1-4H3,(H2,22,23,24). The SMILES string of the molecule is CC(=O)c1cc2nc(Nc3c(C)cccc3Cl)[nH]c2c2c1OC(C)(C)C2. The van der Waals surface area contributed by atoms with Crippen molar-refractivity contribution in [2.24, 2.45) is 0 Å². The summed E-state index contributed by atoms with van der Waals surface area (Å²) in [6, 6.07) is 7.52. The van der Waals surface area contributed by atoms with E-state index >= 15 is 0 Å². The molecule has 5 nitrogen and oxygen atoms in total. The fourth-order valence-corrected chi connectivity index (χ4v) is 3.72. The lowest BCUT2D eigenvalue weighted by atomic mass is 9.98. The van der Waals surface area contributed by atoms with Gasteiger partial charge >= 0.3 is 0 Å². The molecule has 1 aromatic heterocycles. The third kappa shape index (κ3) is 2.72. The third-order valence-electron chi connectivity index (χ3n) is 4.66. The number of nitrogens with zero attached hydrogens (tertiary/aromatic N) is 1. The number of hydrogen-bond acceptors (Lipinski definition) is 4. The Balaban J connectivity index is 1.85. The van der Waals surface area contributed by atoms with Crippen molar-refractivity contribution < 1.29 is 9.53 Å². The van der Waals surface area contributed by atoms with Crippen molar-refractivity contribution in [3.63, 3.8) is 0 Å². The van der Waals surface area contributed by atoms with Crippen LogP contribution in [0.3, 0.4) is 0 Å². The fourth-order valence-electron chi connectivity index (χ4n) is 3.45. The number of anilines is 2. The molecule has 0 saturated heterocycles. The second-order valence-electron chi connectivity index (χ2n) is 7.36. The van der Waals surface area contributed by atoms with E-state index in [1.807, 2.05) is 39.0 Å². The summed E-state index contributed by atoms with van der Waals surface area (Å²) < 4.78 is 6.05. The molecule has 1 aliphatic heterocycles.